The molecule has 0 radical (unpaired) electrons. The first-order valence-electron chi connectivity index (χ1n) is 7.63. The minimum Gasteiger partial charge on any atom is -0.135 e. The van der Waals surface area contributed by atoms with E-state index in [4.69, 9.17) is 0 Å². The molecule has 0 spiro atoms. The van der Waals surface area contributed by atoms with Crippen molar-refractivity contribution < 1.29 is 0 Å². The summed E-state index contributed by atoms with van der Waals surface area (Å²) in [5.41, 5.74) is 3.25. The summed E-state index contributed by atoms with van der Waals surface area (Å²) in [6, 6.07) is 13.9. The maximum Gasteiger partial charge on any atom is 0.0358 e. The molecule has 3 rings (SSSR count). The Morgan fingerprint density at radius 2 is 1.00 bits per heavy atom. The maximum absolute atomic E-state index is 2.37. The topological polar surface area (TPSA) is 0 Å². The average molecular weight is 296 g/mol. The van der Waals surface area contributed by atoms with Crippen LogP contribution in [0, 0.1) is 0 Å². The van der Waals surface area contributed by atoms with Gasteiger partial charge in [-0.2, -0.15) is 0 Å². The molecule has 1 heterocycles. The standard InChI is InChI=1S/C20H24S/c1-19(2,3)13-7-9-15-16-10-8-14(20(4,5)6)12-18(16)21-17(15)11-13/h7-12H,1-6H3. The van der Waals surface area contributed by atoms with Crippen LogP contribution in [0.2, 0.25) is 0 Å². The summed E-state index contributed by atoms with van der Waals surface area (Å²) in [4.78, 5) is 0. The van der Waals surface area contributed by atoms with E-state index in [0.717, 1.165) is 0 Å². The van der Waals surface area contributed by atoms with Gasteiger partial charge < -0.3 is 0 Å². The predicted octanol–water partition coefficient (Wildman–Crippen LogP) is 6.65. The largest absolute Gasteiger partial charge is 0.135 e. The van der Waals surface area contributed by atoms with E-state index in [1.165, 1.54) is 31.3 Å². The molecular formula is C20H24S. The molecule has 0 saturated carbocycles. The lowest BCUT2D eigenvalue weighted by molar-refractivity contribution is 0.591. The van der Waals surface area contributed by atoms with Crippen molar-refractivity contribution in [2.24, 2.45) is 0 Å². The molecule has 21 heavy (non-hydrogen) atoms. The Morgan fingerprint density at radius 1 is 0.619 bits per heavy atom. The van der Waals surface area contributed by atoms with Crippen molar-refractivity contribution in [3.8, 4) is 0 Å². The summed E-state index contributed by atoms with van der Waals surface area (Å²) in [7, 11) is 0. The molecule has 3 aromatic rings. The third-order valence-corrected chi connectivity index (χ3v) is 5.32. The summed E-state index contributed by atoms with van der Waals surface area (Å²) in [5, 5.41) is 2.78. The van der Waals surface area contributed by atoms with Crippen molar-refractivity contribution in [3.05, 3.63) is 47.5 Å². The van der Waals surface area contributed by atoms with Crippen LogP contribution >= 0.6 is 11.3 Å². The molecule has 0 saturated heterocycles. The van der Waals surface area contributed by atoms with E-state index in [1.807, 2.05) is 11.3 Å². The first kappa shape index (κ1) is 14.6. The van der Waals surface area contributed by atoms with Crippen LogP contribution in [-0.4, -0.2) is 0 Å². The van der Waals surface area contributed by atoms with E-state index in [1.54, 1.807) is 0 Å². The molecule has 0 aliphatic rings. The fraction of sp³-hybridized carbons (Fsp3) is 0.400. The monoisotopic (exact) mass is 296 g/mol. The van der Waals surface area contributed by atoms with Crippen LogP contribution in [0.15, 0.2) is 36.4 Å². The van der Waals surface area contributed by atoms with Crippen LogP contribution in [-0.2, 0) is 10.8 Å². The first-order chi connectivity index (χ1) is 9.66. The maximum atomic E-state index is 2.37. The highest BCUT2D eigenvalue weighted by Gasteiger charge is 2.17. The van der Waals surface area contributed by atoms with Gasteiger partial charge in [0.25, 0.3) is 0 Å². The van der Waals surface area contributed by atoms with Crippen molar-refractivity contribution in [2.45, 2.75) is 52.4 Å². The van der Waals surface area contributed by atoms with E-state index in [2.05, 4.69) is 77.9 Å². The highest BCUT2D eigenvalue weighted by Crippen LogP contribution is 2.38. The molecule has 110 valence electrons. The fourth-order valence-corrected chi connectivity index (χ4v) is 3.89. The highest BCUT2D eigenvalue weighted by molar-refractivity contribution is 7.25. The Balaban J connectivity index is 2.24. The van der Waals surface area contributed by atoms with Crippen LogP contribution in [0.4, 0.5) is 0 Å². The van der Waals surface area contributed by atoms with Gasteiger partial charge in [0, 0.05) is 20.2 Å². The summed E-state index contributed by atoms with van der Waals surface area (Å²) in [5.74, 6) is 0. The van der Waals surface area contributed by atoms with Crippen molar-refractivity contribution >= 4 is 31.5 Å². The third-order valence-electron chi connectivity index (χ3n) is 4.21. The number of benzene rings is 2. The van der Waals surface area contributed by atoms with Gasteiger partial charge >= 0.3 is 0 Å². The number of hydrogen-bond acceptors (Lipinski definition) is 1. The molecule has 0 bridgehead atoms. The number of rotatable bonds is 0. The Kier molecular flexibility index (Phi) is 3.18. The normalized spacial score (nSPS) is 13.2. The van der Waals surface area contributed by atoms with E-state index in [0.29, 0.717) is 0 Å². The van der Waals surface area contributed by atoms with Crippen molar-refractivity contribution in [1.82, 2.24) is 0 Å². The molecule has 0 unspecified atom stereocenters. The van der Waals surface area contributed by atoms with E-state index in [9.17, 15) is 0 Å². The molecule has 0 nitrogen and oxygen atoms in total. The fourth-order valence-electron chi connectivity index (χ4n) is 2.71. The van der Waals surface area contributed by atoms with Crippen LogP contribution in [0.3, 0.4) is 0 Å². The zero-order valence-corrected chi connectivity index (χ0v) is 14.7. The SMILES string of the molecule is CC(C)(C)c1ccc2c(c1)sc1cc(C(C)(C)C)ccc12. The van der Waals surface area contributed by atoms with Crippen molar-refractivity contribution in [1.29, 1.82) is 0 Å². The molecule has 0 aliphatic carbocycles. The summed E-state index contributed by atoms with van der Waals surface area (Å²) in [6.45, 7) is 13.7. The molecule has 0 amide bonds. The van der Waals surface area contributed by atoms with Crippen molar-refractivity contribution in [3.63, 3.8) is 0 Å². The second kappa shape index (κ2) is 4.58. The van der Waals surface area contributed by atoms with Gasteiger partial charge in [0.1, 0.15) is 0 Å². The van der Waals surface area contributed by atoms with Crippen LogP contribution in [0.25, 0.3) is 20.2 Å². The second-order valence-electron chi connectivity index (χ2n) is 8.02. The lowest BCUT2D eigenvalue weighted by atomic mass is 9.86. The lowest BCUT2D eigenvalue weighted by Crippen LogP contribution is -2.10. The minimum atomic E-state index is 0.209. The van der Waals surface area contributed by atoms with E-state index >= 15 is 0 Å². The van der Waals surface area contributed by atoms with Gasteiger partial charge in [-0.3, -0.25) is 0 Å². The van der Waals surface area contributed by atoms with Crippen molar-refractivity contribution in [2.75, 3.05) is 0 Å². The average Bonchev–Trinajstić information content (AvgIpc) is 2.73. The molecule has 1 aromatic heterocycles. The highest BCUT2D eigenvalue weighted by atomic mass is 32.1. The van der Waals surface area contributed by atoms with Crippen LogP contribution in [0.1, 0.15) is 52.7 Å². The molecule has 1 heteroatoms. The zero-order valence-electron chi connectivity index (χ0n) is 13.9. The lowest BCUT2D eigenvalue weighted by Gasteiger charge is -2.19. The summed E-state index contributed by atoms with van der Waals surface area (Å²) >= 11 is 1.92. The third kappa shape index (κ3) is 2.60. The van der Waals surface area contributed by atoms with Crippen LogP contribution < -0.4 is 0 Å². The molecule has 0 atom stereocenters. The Hall–Kier alpha value is -1.34. The van der Waals surface area contributed by atoms with Gasteiger partial charge in [-0.1, -0.05) is 65.8 Å². The first-order valence-corrected chi connectivity index (χ1v) is 8.45. The minimum absolute atomic E-state index is 0.209. The van der Waals surface area contributed by atoms with Gasteiger partial charge in [0.15, 0.2) is 0 Å². The molecule has 0 aliphatic heterocycles. The Labute approximate surface area is 131 Å². The van der Waals surface area contributed by atoms with E-state index < -0.39 is 0 Å². The van der Waals surface area contributed by atoms with Crippen LogP contribution in [0.5, 0.6) is 0 Å². The predicted molar refractivity (Wildman–Crippen MR) is 96.7 cm³/mol. The number of fused-ring (bicyclic) bond motifs is 3. The smallest absolute Gasteiger partial charge is 0.0358 e. The Morgan fingerprint density at radius 3 is 1.33 bits per heavy atom. The quantitative estimate of drug-likeness (QED) is 0.435. The zero-order chi connectivity index (χ0) is 15.4. The van der Waals surface area contributed by atoms with E-state index in [-0.39, 0.29) is 10.8 Å². The Bertz CT molecular complexity index is 739. The molecule has 0 fully saturated rings. The van der Waals surface area contributed by atoms with Gasteiger partial charge in [0.05, 0.1) is 0 Å². The molecule has 0 N–H and O–H groups in total. The molecular weight excluding hydrogens is 272 g/mol. The van der Waals surface area contributed by atoms with Gasteiger partial charge in [0.2, 0.25) is 0 Å². The second-order valence-corrected chi connectivity index (χ2v) is 9.11. The molecule has 2 aromatic carbocycles. The summed E-state index contributed by atoms with van der Waals surface area (Å²) < 4.78 is 2.81. The van der Waals surface area contributed by atoms with Gasteiger partial charge in [-0.15, -0.1) is 11.3 Å². The van der Waals surface area contributed by atoms with Gasteiger partial charge in [-0.25, -0.2) is 0 Å². The number of hydrogen-bond donors (Lipinski definition) is 0. The number of thiophene rings is 1. The summed E-state index contributed by atoms with van der Waals surface area (Å²) in [6.07, 6.45) is 0. The van der Waals surface area contributed by atoms with Gasteiger partial charge in [-0.05, 0) is 34.1 Å².